The lowest BCUT2D eigenvalue weighted by atomic mass is 9.83. The highest BCUT2D eigenvalue weighted by Crippen LogP contribution is 2.45. The van der Waals surface area contributed by atoms with Crippen LogP contribution in [0.3, 0.4) is 0 Å². The van der Waals surface area contributed by atoms with Gasteiger partial charge in [-0.3, -0.25) is 24.1 Å². The summed E-state index contributed by atoms with van der Waals surface area (Å²) < 4.78 is 12.3. The largest absolute Gasteiger partial charge is 0.497 e. The molecule has 4 heterocycles. The first-order valence-corrected chi connectivity index (χ1v) is 24.2. The Labute approximate surface area is 399 Å². The molecule has 17 nitrogen and oxygen atoms in total. The van der Waals surface area contributed by atoms with Gasteiger partial charge in [-0.2, -0.15) is 0 Å². The number of nitrogens with one attached hydrogen (secondary N) is 4. The molecule has 6 atom stereocenters. The lowest BCUT2D eigenvalue weighted by Crippen LogP contribution is -2.61. The normalized spacial score (nSPS) is 22.4. The van der Waals surface area contributed by atoms with Gasteiger partial charge in [-0.15, -0.1) is 17.9 Å². The monoisotopic (exact) mass is 948 g/mol. The average molecular weight is 949 g/mol. The third-order valence-electron chi connectivity index (χ3n) is 13.6. The molecule has 3 fully saturated rings. The first kappa shape index (κ1) is 47.9. The molecule has 5 N–H and O–H groups in total. The van der Waals surface area contributed by atoms with Crippen LogP contribution in [0.4, 0.5) is 9.93 Å². The lowest BCUT2D eigenvalue weighted by Gasteiger charge is -2.37. The fraction of sp³-hybridized carbons (Fsp3) is 0.480. The van der Waals surface area contributed by atoms with E-state index in [-0.39, 0.29) is 37.9 Å². The van der Waals surface area contributed by atoms with Crippen molar-refractivity contribution in [2.45, 2.75) is 115 Å². The van der Waals surface area contributed by atoms with Crippen LogP contribution in [0.25, 0.3) is 22.3 Å². The number of hydrogen-bond donors (Lipinski definition) is 5. The molecule has 0 spiro atoms. The Morgan fingerprint density at radius 2 is 1.69 bits per heavy atom. The highest BCUT2D eigenvalue weighted by molar-refractivity contribution is 7.14. The van der Waals surface area contributed by atoms with Gasteiger partial charge in [-0.25, -0.2) is 19.6 Å². The molecule has 0 bridgehead atoms. The number of rotatable bonds is 16. The van der Waals surface area contributed by atoms with Gasteiger partial charge in [0.25, 0.3) is 11.8 Å². The van der Waals surface area contributed by atoms with E-state index in [2.05, 4.69) is 27.8 Å². The number of imide groups is 1. The molecule has 8 rings (SSSR count). The number of aromatic nitrogens is 2. The Morgan fingerprint density at radius 3 is 2.31 bits per heavy atom. The maximum Gasteiger partial charge on any atom is 0.330 e. The van der Waals surface area contributed by atoms with Gasteiger partial charge < -0.3 is 40.7 Å². The second kappa shape index (κ2) is 19.2. The molecular weight excluding hydrogens is 889 g/mol. The number of likely N-dealkylation sites (tertiary alicyclic amines) is 1. The zero-order chi connectivity index (χ0) is 48.7. The number of hydrogen-bond acceptors (Lipinski definition) is 12. The molecule has 2 aromatic carbocycles. The van der Waals surface area contributed by atoms with E-state index in [1.54, 1.807) is 49.6 Å². The standard InChI is InChI=1S/C50H60N8O9S/c1-8-29-23-50(29,46(63)64)56-42(59)38-21-31(67-39-22-36(37-26-68-48(53-37)51-27(2)3)52-35-20-30(66-7)18-19-34(35)39)24-57(38)45(62)41(28-14-10-9-11-15-28)55-47(65)54-40(49(4,5)6)25-58-43(60)32-16-12-13-17-33(32)44(58)61/h8,12-13,16-20,22,26-29,31,38,40-41H,1,9-11,14-15,21,23-25H2,2-7H3,(H,51,53)(H,56,59)(H,63,64)(H2,54,55,65)/t29?,31-,38+,40?,41+,50-/m1/s1. The number of fused-ring (bicyclic) bond motifs is 2. The molecule has 2 saturated carbocycles. The van der Waals surface area contributed by atoms with Gasteiger partial charge in [0.1, 0.15) is 40.9 Å². The number of pyridine rings is 1. The summed E-state index contributed by atoms with van der Waals surface area (Å²) in [5, 5.41) is 25.6. The quantitative estimate of drug-likeness (QED) is 0.0590. The van der Waals surface area contributed by atoms with Gasteiger partial charge in [0.05, 0.1) is 48.6 Å². The summed E-state index contributed by atoms with van der Waals surface area (Å²) >= 11 is 1.44. The fourth-order valence-electron chi connectivity index (χ4n) is 9.60. The molecule has 2 unspecified atom stereocenters. The average Bonchev–Trinajstić information content (AvgIpc) is 3.51. The summed E-state index contributed by atoms with van der Waals surface area (Å²) in [7, 11) is 1.57. The first-order valence-electron chi connectivity index (χ1n) is 23.3. The third-order valence-corrected chi connectivity index (χ3v) is 14.4. The van der Waals surface area contributed by atoms with Crippen molar-refractivity contribution >= 4 is 63.0 Å². The molecular formula is C50H60N8O9S. The summed E-state index contributed by atoms with van der Waals surface area (Å²) in [4.78, 5) is 95.7. The van der Waals surface area contributed by atoms with E-state index in [4.69, 9.17) is 19.4 Å². The summed E-state index contributed by atoms with van der Waals surface area (Å²) in [6, 6.07) is 10.3. The molecule has 2 aliphatic heterocycles. The number of carbonyl (C=O) groups excluding carboxylic acids is 5. The highest BCUT2D eigenvalue weighted by atomic mass is 32.1. The number of urea groups is 1. The topological polar surface area (TPSA) is 221 Å². The van der Waals surface area contributed by atoms with E-state index in [0.717, 1.165) is 29.3 Å². The van der Waals surface area contributed by atoms with Crippen LogP contribution in [0.1, 0.15) is 100 Å². The number of aliphatic carboxylic acids is 1. The van der Waals surface area contributed by atoms with E-state index in [1.807, 2.05) is 46.1 Å². The minimum atomic E-state index is -1.57. The Balaban J connectivity index is 1.09. The Hall–Kier alpha value is -6.56. The van der Waals surface area contributed by atoms with E-state index < -0.39 is 76.7 Å². The van der Waals surface area contributed by atoms with E-state index >= 15 is 4.79 Å². The molecule has 2 aromatic heterocycles. The minimum absolute atomic E-state index is 0.0104. The zero-order valence-corrected chi connectivity index (χ0v) is 40.1. The van der Waals surface area contributed by atoms with Crippen LogP contribution in [-0.2, 0) is 14.4 Å². The maximum absolute atomic E-state index is 15.3. The number of ether oxygens (including phenoxy) is 2. The number of benzene rings is 2. The van der Waals surface area contributed by atoms with Crippen LogP contribution in [0.5, 0.6) is 11.5 Å². The number of amides is 6. The number of carbonyl (C=O) groups is 6. The second-order valence-electron chi connectivity index (χ2n) is 19.7. The van der Waals surface area contributed by atoms with Crippen LogP contribution in [-0.4, -0.2) is 117 Å². The van der Waals surface area contributed by atoms with E-state index in [0.29, 0.717) is 57.8 Å². The van der Waals surface area contributed by atoms with Crippen LogP contribution in [0.2, 0.25) is 0 Å². The number of carboxylic acid groups (broad SMARTS) is 1. The van der Waals surface area contributed by atoms with Crippen LogP contribution in [0, 0.1) is 17.3 Å². The van der Waals surface area contributed by atoms with Crippen LogP contribution >= 0.6 is 11.3 Å². The van der Waals surface area contributed by atoms with Gasteiger partial charge in [0.2, 0.25) is 11.8 Å². The molecule has 2 aliphatic carbocycles. The van der Waals surface area contributed by atoms with Gasteiger partial charge >= 0.3 is 12.0 Å². The lowest BCUT2D eigenvalue weighted by molar-refractivity contribution is -0.146. The molecule has 4 aromatic rings. The van der Waals surface area contributed by atoms with Crippen molar-refractivity contribution < 1.29 is 43.3 Å². The van der Waals surface area contributed by atoms with E-state index in [1.165, 1.54) is 22.3 Å². The Kier molecular flexibility index (Phi) is 13.5. The smallest absolute Gasteiger partial charge is 0.330 e. The van der Waals surface area contributed by atoms with Crippen LogP contribution in [0.15, 0.2) is 66.6 Å². The van der Waals surface area contributed by atoms with Gasteiger partial charge in [-0.05, 0) is 68.7 Å². The predicted octanol–water partition coefficient (Wildman–Crippen LogP) is 6.64. The van der Waals surface area contributed by atoms with Gasteiger partial charge in [0.15, 0.2) is 5.13 Å². The van der Waals surface area contributed by atoms with Crippen molar-refractivity contribution in [2.75, 3.05) is 25.5 Å². The van der Waals surface area contributed by atoms with Crippen molar-refractivity contribution in [3.05, 3.63) is 77.7 Å². The molecule has 0 radical (unpaired) electrons. The van der Waals surface area contributed by atoms with Crippen molar-refractivity contribution in [1.29, 1.82) is 0 Å². The zero-order valence-electron chi connectivity index (χ0n) is 39.3. The number of thiazole rings is 1. The number of methoxy groups -OCH3 is 1. The maximum atomic E-state index is 15.3. The summed E-state index contributed by atoms with van der Waals surface area (Å²) in [5.41, 5.74) is 0.106. The van der Waals surface area contributed by atoms with Crippen molar-refractivity contribution in [3.8, 4) is 22.9 Å². The van der Waals surface area contributed by atoms with Crippen molar-refractivity contribution in [1.82, 2.24) is 35.7 Å². The third kappa shape index (κ3) is 9.73. The fourth-order valence-corrected chi connectivity index (χ4v) is 10.5. The van der Waals surface area contributed by atoms with Crippen molar-refractivity contribution in [3.63, 3.8) is 0 Å². The Bertz CT molecular complexity index is 2600. The molecule has 360 valence electrons. The highest BCUT2D eigenvalue weighted by Gasteiger charge is 2.61. The molecule has 1 saturated heterocycles. The first-order chi connectivity index (χ1) is 32.4. The number of nitrogens with zero attached hydrogens (tertiary/aromatic N) is 4. The van der Waals surface area contributed by atoms with Gasteiger partial charge in [0, 0.05) is 41.3 Å². The molecule has 4 aliphatic rings. The minimum Gasteiger partial charge on any atom is -0.497 e. The molecule has 6 amide bonds. The number of anilines is 1. The second-order valence-corrected chi connectivity index (χ2v) is 20.6. The SMILES string of the molecule is C=CC1C[C@]1(NC(=O)[C@@H]1C[C@@H](Oc2cc(-c3csc(NC(C)C)n3)nc3cc(OC)ccc23)CN1C(=O)[C@@H](NC(=O)NC(CN1C(=O)c2ccccc2C1=O)C(C)(C)C)C1CCCCC1)C(=O)O. The molecule has 68 heavy (non-hydrogen) atoms. The van der Waals surface area contributed by atoms with Crippen LogP contribution < -0.4 is 30.7 Å². The Morgan fingerprint density at radius 1 is 0.985 bits per heavy atom. The van der Waals surface area contributed by atoms with Crippen molar-refractivity contribution in [2.24, 2.45) is 17.3 Å². The molecule has 18 heteroatoms. The summed E-state index contributed by atoms with van der Waals surface area (Å²) in [6.45, 7) is 13.3. The van der Waals surface area contributed by atoms with Gasteiger partial charge in [-0.1, -0.05) is 58.2 Å². The number of carboxylic acids is 1. The van der Waals surface area contributed by atoms with E-state index in [9.17, 15) is 29.1 Å². The summed E-state index contributed by atoms with van der Waals surface area (Å²) in [6.07, 6.45) is 4.82. The summed E-state index contributed by atoms with van der Waals surface area (Å²) in [5.74, 6) is -3.05. The predicted molar refractivity (Wildman–Crippen MR) is 257 cm³/mol.